The quantitative estimate of drug-likeness (QED) is 0.373. The van der Waals surface area contributed by atoms with Gasteiger partial charge in [-0.25, -0.2) is 9.37 Å². The molecule has 1 unspecified atom stereocenters. The summed E-state index contributed by atoms with van der Waals surface area (Å²) < 4.78 is 17.7. The normalized spacial score (nSPS) is 15.7. The van der Waals surface area contributed by atoms with E-state index in [0.29, 0.717) is 23.4 Å². The van der Waals surface area contributed by atoms with Crippen molar-refractivity contribution in [3.63, 3.8) is 0 Å². The molecule has 2 aromatic heterocycles. The number of likely N-dealkylation sites (tertiary alicyclic amines) is 1. The number of imidazole rings is 1. The number of nitriles is 1. The first-order valence-electron chi connectivity index (χ1n) is 12.1. The molecule has 8 heteroatoms. The molecule has 4 aromatic rings. The molecule has 36 heavy (non-hydrogen) atoms. The maximum Gasteiger partial charge on any atom is 0.170 e. The van der Waals surface area contributed by atoms with Gasteiger partial charge < -0.3 is 4.90 Å². The van der Waals surface area contributed by atoms with Crippen molar-refractivity contribution < 1.29 is 9.18 Å². The summed E-state index contributed by atoms with van der Waals surface area (Å²) in [6, 6.07) is 11.8. The minimum Gasteiger partial charge on any atom is -0.306 e. The van der Waals surface area contributed by atoms with Gasteiger partial charge in [0.2, 0.25) is 0 Å². The van der Waals surface area contributed by atoms with Crippen LogP contribution < -0.4 is 0 Å². The Labute approximate surface area is 210 Å². The smallest absolute Gasteiger partial charge is 0.170 e. The second-order valence-electron chi connectivity index (χ2n) is 9.77. The van der Waals surface area contributed by atoms with E-state index >= 15 is 0 Å². The Morgan fingerprint density at radius 1 is 1.19 bits per heavy atom. The van der Waals surface area contributed by atoms with Crippen LogP contribution in [0.4, 0.5) is 4.39 Å². The Morgan fingerprint density at radius 3 is 2.56 bits per heavy atom. The molecule has 0 radical (unpaired) electrons. The lowest BCUT2D eigenvalue weighted by atomic mass is 9.95. The van der Waals surface area contributed by atoms with Gasteiger partial charge in [-0.3, -0.25) is 14.0 Å². The Hall–Kier alpha value is -3.83. The lowest BCUT2D eigenvalue weighted by Gasteiger charge is -2.13. The molecule has 1 aliphatic heterocycles. The van der Waals surface area contributed by atoms with E-state index in [4.69, 9.17) is 5.26 Å². The summed E-state index contributed by atoms with van der Waals surface area (Å²) >= 11 is 0. The van der Waals surface area contributed by atoms with E-state index < -0.39 is 5.82 Å². The molecule has 0 amide bonds. The number of nitrogens with zero attached hydrogens (tertiary/aromatic N) is 6. The Balaban J connectivity index is 0.000000286. The molecule has 3 heterocycles. The minimum absolute atomic E-state index is 0.0408. The standard InChI is InChI=1S/C20H14FN5O.C8H17N/c1-12-19(11-27)23-20(13-3-4-14(9-22)17(21)8-13)26(12)16-5-6-18-15(7-16)10-25(2)24-18;1-7(2)8-4-5-9(3)6-8/h3-8,10-11H,1-2H3;7-8H,4-6H2,1-3H3. The monoisotopic (exact) mass is 486 g/mol. The van der Waals surface area contributed by atoms with Gasteiger partial charge in [0.15, 0.2) is 6.29 Å². The minimum atomic E-state index is -0.627. The SMILES string of the molecule is CC(C)C1CCN(C)C1.Cc1c(C=O)nc(-c2ccc(C#N)c(F)c2)n1-c1ccc2nn(C)cc2c1. The number of rotatable bonds is 4. The molecule has 1 saturated heterocycles. The number of benzene rings is 2. The average molecular weight is 487 g/mol. The number of carbonyl (C=O) groups excluding carboxylic acids is 1. The average Bonchev–Trinajstić information content (AvgIpc) is 3.54. The fraction of sp³-hybridized carbons (Fsp3) is 0.357. The summed E-state index contributed by atoms with van der Waals surface area (Å²) in [5.74, 6) is 1.66. The van der Waals surface area contributed by atoms with Crippen molar-refractivity contribution in [1.29, 1.82) is 5.26 Å². The van der Waals surface area contributed by atoms with Gasteiger partial charge in [-0.05, 0) is 75.2 Å². The molecular weight excluding hydrogens is 455 g/mol. The van der Waals surface area contributed by atoms with Crippen molar-refractivity contribution in [1.82, 2.24) is 24.2 Å². The molecule has 0 saturated carbocycles. The highest BCUT2D eigenvalue weighted by Crippen LogP contribution is 2.29. The topological polar surface area (TPSA) is 79.7 Å². The third-order valence-electron chi connectivity index (χ3n) is 6.83. The number of carbonyl (C=O) groups is 1. The lowest BCUT2D eigenvalue weighted by molar-refractivity contribution is 0.111. The van der Waals surface area contributed by atoms with Crippen LogP contribution in [0.15, 0.2) is 42.6 Å². The number of aryl methyl sites for hydroxylation is 1. The predicted molar refractivity (Wildman–Crippen MR) is 139 cm³/mol. The summed E-state index contributed by atoms with van der Waals surface area (Å²) in [5.41, 5.74) is 3.00. The van der Waals surface area contributed by atoms with Gasteiger partial charge in [0.05, 0.1) is 16.8 Å². The first-order chi connectivity index (χ1) is 17.2. The van der Waals surface area contributed by atoms with E-state index in [-0.39, 0.29) is 11.3 Å². The zero-order valence-electron chi connectivity index (χ0n) is 21.4. The number of aldehydes is 1. The summed E-state index contributed by atoms with van der Waals surface area (Å²) in [6.45, 7) is 9.06. The van der Waals surface area contributed by atoms with Crippen LogP contribution in [-0.4, -0.2) is 50.7 Å². The molecule has 1 atom stereocenters. The zero-order chi connectivity index (χ0) is 26.0. The van der Waals surface area contributed by atoms with Gasteiger partial charge in [0.25, 0.3) is 0 Å². The van der Waals surface area contributed by atoms with Crippen LogP contribution in [0.1, 0.15) is 42.0 Å². The molecular formula is C28H31FN6O. The predicted octanol–water partition coefficient (Wildman–Crippen LogP) is 5.15. The molecule has 2 aromatic carbocycles. The highest BCUT2D eigenvalue weighted by atomic mass is 19.1. The van der Waals surface area contributed by atoms with Crippen molar-refractivity contribution in [2.45, 2.75) is 27.2 Å². The molecule has 0 N–H and O–H groups in total. The fourth-order valence-electron chi connectivity index (χ4n) is 4.67. The molecule has 7 nitrogen and oxygen atoms in total. The third-order valence-corrected chi connectivity index (χ3v) is 6.83. The van der Waals surface area contributed by atoms with Crippen LogP contribution in [-0.2, 0) is 7.05 Å². The highest BCUT2D eigenvalue weighted by molar-refractivity contribution is 5.82. The first kappa shape index (κ1) is 25.3. The molecule has 5 rings (SSSR count). The lowest BCUT2D eigenvalue weighted by Crippen LogP contribution is -2.16. The van der Waals surface area contributed by atoms with Crippen LogP contribution in [0.5, 0.6) is 0 Å². The van der Waals surface area contributed by atoms with Crippen LogP contribution in [0.25, 0.3) is 28.0 Å². The van der Waals surface area contributed by atoms with Crippen molar-refractivity contribution >= 4 is 17.2 Å². The molecule has 1 fully saturated rings. The maximum absolute atomic E-state index is 14.1. The third kappa shape index (κ3) is 5.07. The summed E-state index contributed by atoms with van der Waals surface area (Å²) in [5, 5.41) is 14.2. The van der Waals surface area contributed by atoms with Crippen LogP contribution in [0.2, 0.25) is 0 Å². The Bertz CT molecular complexity index is 1440. The van der Waals surface area contributed by atoms with E-state index in [2.05, 4.69) is 35.9 Å². The second kappa shape index (κ2) is 10.4. The van der Waals surface area contributed by atoms with Crippen LogP contribution in [0.3, 0.4) is 0 Å². The summed E-state index contributed by atoms with van der Waals surface area (Å²) in [4.78, 5) is 18.2. The molecule has 0 spiro atoms. The number of halogens is 1. The number of hydrogen-bond donors (Lipinski definition) is 0. The van der Waals surface area contributed by atoms with Crippen LogP contribution in [0, 0.1) is 35.9 Å². The second-order valence-corrected chi connectivity index (χ2v) is 9.77. The van der Waals surface area contributed by atoms with E-state index in [1.54, 1.807) is 28.3 Å². The highest BCUT2D eigenvalue weighted by Gasteiger charge is 2.21. The Kier molecular flexibility index (Phi) is 7.32. The summed E-state index contributed by atoms with van der Waals surface area (Å²) in [6.07, 6.45) is 3.99. The molecule has 186 valence electrons. The van der Waals surface area contributed by atoms with Gasteiger partial charge >= 0.3 is 0 Å². The fourth-order valence-corrected chi connectivity index (χ4v) is 4.67. The Morgan fingerprint density at radius 2 is 1.97 bits per heavy atom. The zero-order valence-corrected chi connectivity index (χ0v) is 21.4. The van der Waals surface area contributed by atoms with Crippen molar-refractivity contribution in [3.8, 4) is 23.1 Å². The van der Waals surface area contributed by atoms with E-state index in [1.165, 1.54) is 31.6 Å². The summed E-state index contributed by atoms with van der Waals surface area (Å²) in [7, 11) is 4.06. The van der Waals surface area contributed by atoms with E-state index in [9.17, 15) is 9.18 Å². The number of hydrogen-bond acceptors (Lipinski definition) is 5. The largest absolute Gasteiger partial charge is 0.306 e. The van der Waals surface area contributed by atoms with E-state index in [0.717, 1.165) is 28.4 Å². The van der Waals surface area contributed by atoms with Crippen molar-refractivity contribution in [2.24, 2.45) is 18.9 Å². The molecule has 0 bridgehead atoms. The van der Waals surface area contributed by atoms with Crippen LogP contribution >= 0.6 is 0 Å². The molecule has 1 aliphatic rings. The van der Waals surface area contributed by atoms with Gasteiger partial charge in [-0.1, -0.05) is 13.8 Å². The first-order valence-corrected chi connectivity index (χ1v) is 12.1. The molecule has 0 aliphatic carbocycles. The van der Waals surface area contributed by atoms with Crippen molar-refractivity contribution in [2.75, 3.05) is 20.1 Å². The van der Waals surface area contributed by atoms with Gasteiger partial charge in [-0.15, -0.1) is 0 Å². The number of fused-ring (bicyclic) bond motifs is 1. The van der Waals surface area contributed by atoms with Gasteiger partial charge in [-0.2, -0.15) is 10.4 Å². The maximum atomic E-state index is 14.1. The van der Waals surface area contributed by atoms with Gasteiger partial charge in [0.1, 0.15) is 23.4 Å². The van der Waals surface area contributed by atoms with E-state index in [1.807, 2.05) is 31.4 Å². The number of aromatic nitrogens is 4. The van der Waals surface area contributed by atoms with Crippen molar-refractivity contribution in [3.05, 3.63) is 65.4 Å². The van der Waals surface area contributed by atoms with Gasteiger partial charge in [0, 0.05) is 36.4 Å².